The second-order valence-electron chi connectivity index (χ2n) is 3.81. The van der Waals surface area contributed by atoms with E-state index in [-0.39, 0.29) is 0 Å². The summed E-state index contributed by atoms with van der Waals surface area (Å²) in [6, 6.07) is 0. The molecular weight excluding hydrogens is 180 g/mol. The first-order chi connectivity index (χ1) is 5.99. The van der Waals surface area contributed by atoms with Gasteiger partial charge in [-0.15, -0.1) is 6.58 Å². The average Bonchev–Trinajstić information content (AvgIpc) is 2.01. The third-order valence-electron chi connectivity index (χ3n) is 1.29. The van der Waals surface area contributed by atoms with Crippen LogP contribution >= 0.6 is 0 Å². The Hall–Kier alpha value is -0.703. The van der Waals surface area contributed by atoms with Gasteiger partial charge in [-0.1, -0.05) is 6.08 Å². The minimum atomic E-state index is -1.52. The van der Waals surface area contributed by atoms with E-state index in [0.717, 1.165) is 12.8 Å². The number of methoxy groups -OCH3 is 1. The van der Waals surface area contributed by atoms with E-state index in [1.165, 1.54) is 0 Å². The monoisotopic (exact) mass is 200 g/mol. The van der Waals surface area contributed by atoms with Gasteiger partial charge in [-0.3, -0.25) is 0 Å². The van der Waals surface area contributed by atoms with Gasteiger partial charge in [0, 0.05) is 0 Å². The molecule has 0 atom stereocenters. The Labute approximate surface area is 82.4 Å². The Balaban J connectivity index is 4.01. The maximum absolute atomic E-state index is 5.68. The zero-order chi connectivity index (χ0) is 10.3. The normalized spacial score (nSPS) is 12.5. The van der Waals surface area contributed by atoms with Crippen LogP contribution in [0, 0.1) is 0 Å². The molecular formula is C10H20O2Si. The van der Waals surface area contributed by atoms with Crippen molar-refractivity contribution >= 4 is 8.32 Å². The summed E-state index contributed by atoms with van der Waals surface area (Å²) < 4.78 is 10.8. The van der Waals surface area contributed by atoms with Crippen LogP contribution in [0.5, 0.6) is 0 Å². The molecule has 0 unspecified atom stereocenters. The predicted octanol–water partition coefficient (Wildman–Crippen LogP) is 3.29. The number of hydrogen-bond donors (Lipinski definition) is 0. The van der Waals surface area contributed by atoms with E-state index in [9.17, 15) is 0 Å². The van der Waals surface area contributed by atoms with Crippen LogP contribution in [0.2, 0.25) is 19.6 Å². The Bertz CT molecular complexity index is 180. The van der Waals surface area contributed by atoms with Gasteiger partial charge in [-0.2, -0.15) is 0 Å². The number of ether oxygens (including phenoxy) is 1. The summed E-state index contributed by atoms with van der Waals surface area (Å²) in [6.07, 6.45) is 5.75. The smallest absolute Gasteiger partial charge is 0.260 e. The van der Waals surface area contributed by atoms with Crippen LogP contribution < -0.4 is 0 Å². The van der Waals surface area contributed by atoms with Crippen LogP contribution in [0.1, 0.15) is 12.8 Å². The van der Waals surface area contributed by atoms with Gasteiger partial charge in [0.2, 0.25) is 8.32 Å². The standard InChI is InChI=1S/C10H20O2Si/c1-6-7-8-9-10(11-2)12-13(3,4)5/h6,9H,1,7-8H2,2-5H3/b10-9+. The van der Waals surface area contributed by atoms with Gasteiger partial charge in [0.15, 0.2) is 0 Å². The highest BCUT2D eigenvalue weighted by Crippen LogP contribution is 2.11. The molecule has 0 aromatic carbocycles. The lowest BCUT2D eigenvalue weighted by Crippen LogP contribution is -2.25. The van der Waals surface area contributed by atoms with Crippen molar-refractivity contribution in [2.45, 2.75) is 32.5 Å². The lowest BCUT2D eigenvalue weighted by molar-refractivity contribution is 0.145. The van der Waals surface area contributed by atoms with Crippen molar-refractivity contribution in [2.24, 2.45) is 0 Å². The van der Waals surface area contributed by atoms with Gasteiger partial charge in [0.05, 0.1) is 7.11 Å². The molecule has 0 rings (SSSR count). The van der Waals surface area contributed by atoms with Gasteiger partial charge >= 0.3 is 0 Å². The molecule has 0 amide bonds. The van der Waals surface area contributed by atoms with Crippen molar-refractivity contribution in [2.75, 3.05) is 7.11 Å². The summed E-state index contributed by atoms with van der Waals surface area (Å²) in [5.41, 5.74) is 0. The lowest BCUT2D eigenvalue weighted by Gasteiger charge is -2.20. The Morgan fingerprint density at radius 1 is 1.31 bits per heavy atom. The zero-order valence-electron chi connectivity index (χ0n) is 9.09. The highest BCUT2D eigenvalue weighted by molar-refractivity contribution is 6.69. The highest BCUT2D eigenvalue weighted by Gasteiger charge is 2.17. The molecule has 2 nitrogen and oxygen atoms in total. The molecule has 0 aromatic heterocycles. The van der Waals surface area contributed by atoms with Crippen LogP contribution in [0.25, 0.3) is 0 Å². The maximum atomic E-state index is 5.68. The topological polar surface area (TPSA) is 18.5 Å². The Kier molecular flexibility index (Phi) is 5.54. The molecule has 0 heterocycles. The summed E-state index contributed by atoms with van der Waals surface area (Å²) in [6.45, 7) is 10.1. The quantitative estimate of drug-likeness (QED) is 0.283. The van der Waals surface area contributed by atoms with E-state index in [4.69, 9.17) is 9.16 Å². The van der Waals surface area contributed by atoms with Crippen LogP contribution in [-0.4, -0.2) is 15.4 Å². The third kappa shape index (κ3) is 7.65. The minimum absolute atomic E-state index is 0.654. The predicted molar refractivity (Wildman–Crippen MR) is 59.0 cm³/mol. The third-order valence-corrected chi connectivity index (χ3v) is 2.10. The fraction of sp³-hybridized carbons (Fsp3) is 0.600. The molecule has 0 bridgehead atoms. The molecule has 0 N–H and O–H groups in total. The van der Waals surface area contributed by atoms with E-state index in [1.807, 2.05) is 12.2 Å². The fourth-order valence-electron chi connectivity index (χ4n) is 0.787. The van der Waals surface area contributed by atoms with Crippen LogP contribution in [0.15, 0.2) is 24.7 Å². The van der Waals surface area contributed by atoms with Gasteiger partial charge in [-0.05, 0) is 38.6 Å². The molecule has 0 saturated heterocycles. The number of hydrogen-bond acceptors (Lipinski definition) is 2. The Morgan fingerprint density at radius 3 is 2.31 bits per heavy atom. The molecule has 0 aromatic rings. The fourth-order valence-corrected chi connectivity index (χ4v) is 1.56. The van der Waals surface area contributed by atoms with Gasteiger partial charge < -0.3 is 9.16 Å². The van der Waals surface area contributed by atoms with Crippen molar-refractivity contribution in [3.05, 3.63) is 24.7 Å². The number of allylic oxidation sites excluding steroid dienone is 2. The van der Waals surface area contributed by atoms with Crippen LogP contribution in [0.3, 0.4) is 0 Å². The first kappa shape index (κ1) is 12.3. The number of rotatable bonds is 6. The molecule has 0 aliphatic carbocycles. The molecule has 13 heavy (non-hydrogen) atoms. The molecule has 3 heteroatoms. The van der Waals surface area contributed by atoms with Crippen LogP contribution in [0.4, 0.5) is 0 Å². The summed E-state index contributed by atoms with van der Waals surface area (Å²) in [4.78, 5) is 0. The van der Waals surface area contributed by atoms with E-state index >= 15 is 0 Å². The number of unbranched alkanes of at least 4 members (excludes halogenated alkanes) is 1. The average molecular weight is 200 g/mol. The molecule has 0 spiro atoms. The summed E-state index contributed by atoms with van der Waals surface area (Å²) in [5.74, 6) is 0.654. The lowest BCUT2D eigenvalue weighted by atomic mass is 10.3. The van der Waals surface area contributed by atoms with Crippen molar-refractivity contribution in [3.63, 3.8) is 0 Å². The Morgan fingerprint density at radius 2 is 1.92 bits per heavy atom. The second-order valence-corrected chi connectivity index (χ2v) is 8.24. The van der Waals surface area contributed by atoms with Crippen molar-refractivity contribution < 1.29 is 9.16 Å². The minimum Gasteiger partial charge on any atom is -0.520 e. The zero-order valence-corrected chi connectivity index (χ0v) is 10.1. The summed E-state index contributed by atoms with van der Waals surface area (Å²) in [5, 5.41) is 0. The van der Waals surface area contributed by atoms with E-state index < -0.39 is 8.32 Å². The largest absolute Gasteiger partial charge is 0.520 e. The molecule has 0 radical (unpaired) electrons. The SMILES string of the molecule is C=CCC/C=C(\OC)O[Si](C)(C)C. The first-order valence-corrected chi connectivity index (χ1v) is 7.94. The molecule has 0 aliphatic heterocycles. The van der Waals surface area contributed by atoms with Gasteiger partial charge in [-0.25, -0.2) is 0 Å². The van der Waals surface area contributed by atoms with E-state index in [0.29, 0.717) is 5.95 Å². The second kappa shape index (κ2) is 5.86. The van der Waals surface area contributed by atoms with Gasteiger partial charge in [0.1, 0.15) is 0 Å². The van der Waals surface area contributed by atoms with Gasteiger partial charge in [0.25, 0.3) is 5.95 Å². The first-order valence-electron chi connectivity index (χ1n) is 4.53. The molecule has 0 fully saturated rings. The van der Waals surface area contributed by atoms with Crippen molar-refractivity contribution in [3.8, 4) is 0 Å². The van der Waals surface area contributed by atoms with E-state index in [2.05, 4.69) is 26.2 Å². The molecule has 0 saturated carbocycles. The van der Waals surface area contributed by atoms with Crippen molar-refractivity contribution in [1.29, 1.82) is 0 Å². The van der Waals surface area contributed by atoms with Crippen molar-refractivity contribution in [1.82, 2.24) is 0 Å². The highest BCUT2D eigenvalue weighted by atomic mass is 28.4. The molecule has 76 valence electrons. The molecule has 0 aliphatic rings. The van der Waals surface area contributed by atoms with E-state index in [1.54, 1.807) is 7.11 Å². The maximum Gasteiger partial charge on any atom is 0.260 e. The summed E-state index contributed by atoms with van der Waals surface area (Å²) in [7, 11) is 0.118. The van der Waals surface area contributed by atoms with Crippen LogP contribution in [-0.2, 0) is 9.16 Å². The summed E-state index contributed by atoms with van der Waals surface area (Å²) >= 11 is 0.